The number of furan rings is 1. The van der Waals surface area contributed by atoms with E-state index in [9.17, 15) is 15.0 Å². The number of nitroso groups, excluding NO2 is 1. The molecule has 0 N–H and O–H groups in total. The molecular weight excluding hydrogens is 164 g/mol. The number of hydrogen-bond acceptors (Lipinski definition) is 5. The minimum Gasteiger partial charge on any atom is -0.406 e. The Kier molecular flexibility index (Phi) is 2.52. The van der Waals surface area contributed by atoms with Gasteiger partial charge in [0, 0.05) is 6.42 Å². The van der Waals surface area contributed by atoms with Crippen LogP contribution in [0.15, 0.2) is 21.7 Å². The van der Waals surface area contributed by atoms with Crippen LogP contribution in [0.4, 0.5) is 5.88 Å². The van der Waals surface area contributed by atoms with Gasteiger partial charge >= 0.3 is 5.88 Å². The van der Waals surface area contributed by atoms with Crippen molar-refractivity contribution in [2.75, 3.05) is 6.54 Å². The van der Waals surface area contributed by atoms with E-state index in [-0.39, 0.29) is 12.4 Å². The predicted molar refractivity (Wildman–Crippen MR) is 39.7 cm³/mol. The smallest absolute Gasteiger partial charge is 0.406 e. The van der Waals surface area contributed by atoms with Crippen LogP contribution in [0.25, 0.3) is 0 Å². The quantitative estimate of drug-likeness (QED) is 0.389. The maximum atomic E-state index is 10.1. The van der Waals surface area contributed by atoms with E-state index in [0.717, 1.165) is 0 Å². The maximum Gasteiger partial charge on any atom is 0.433 e. The third-order valence-electron chi connectivity index (χ3n) is 1.28. The molecule has 0 amide bonds. The van der Waals surface area contributed by atoms with E-state index in [1.165, 1.54) is 12.1 Å². The molecule has 0 aliphatic heterocycles. The average molecular weight is 170 g/mol. The molecule has 12 heavy (non-hydrogen) atoms. The second-order valence-corrected chi connectivity index (χ2v) is 2.10. The van der Waals surface area contributed by atoms with E-state index in [4.69, 9.17) is 4.42 Å². The van der Waals surface area contributed by atoms with Gasteiger partial charge in [-0.15, -0.1) is 0 Å². The SMILES string of the molecule is O=NCCc1ccc([N+](=O)[O-])o1. The Bertz CT molecular complexity index is 293. The molecule has 0 aliphatic rings. The highest BCUT2D eigenvalue weighted by atomic mass is 16.6. The first kappa shape index (κ1) is 8.38. The number of rotatable bonds is 4. The summed E-state index contributed by atoms with van der Waals surface area (Å²) in [7, 11) is 0. The van der Waals surface area contributed by atoms with Crippen LogP contribution in [-0.2, 0) is 6.42 Å². The monoisotopic (exact) mass is 170 g/mol. The van der Waals surface area contributed by atoms with Crippen molar-refractivity contribution in [1.82, 2.24) is 0 Å². The summed E-state index contributed by atoms with van der Waals surface area (Å²) in [5.74, 6) is 0.0946. The summed E-state index contributed by atoms with van der Waals surface area (Å²) in [6.07, 6.45) is 0.303. The van der Waals surface area contributed by atoms with E-state index in [1.54, 1.807) is 0 Å². The highest BCUT2D eigenvalue weighted by Gasteiger charge is 2.10. The van der Waals surface area contributed by atoms with E-state index in [2.05, 4.69) is 5.18 Å². The zero-order valence-electron chi connectivity index (χ0n) is 6.10. The largest absolute Gasteiger partial charge is 0.433 e. The van der Waals surface area contributed by atoms with Crippen molar-refractivity contribution in [1.29, 1.82) is 0 Å². The second kappa shape index (κ2) is 3.61. The van der Waals surface area contributed by atoms with Crippen LogP contribution in [0.5, 0.6) is 0 Å². The molecule has 0 bridgehead atoms. The molecule has 0 saturated carbocycles. The molecular formula is C6H6N2O4. The fourth-order valence-electron chi connectivity index (χ4n) is 0.755. The Morgan fingerprint density at radius 1 is 1.58 bits per heavy atom. The zero-order valence-corrected chi connectivity index (χ0v) is 6.10. The number of nitrogens with zero attached hydrogens (tertiary/aromatic N) is 2. The lowest BCUT2D eigenvalue weighted by atomic mass is 10.3. The molecule has 64 valence electrons. The van der Waals surface area contributed by atoms with Crippen molar-refractivity contribution in [3.8, 4) is 0 Å². The van der Waals surface area contributed by atoms with E-state index in [0.29, 0.717) is 12.2 Å². The van der Waals surface area contributed by atoms with Gasteiger partial charge < -0.3 is 4.42 Å². The minimum atomic E-state index is -0.627. The fraction of sp³-hybridized carbons (Fsp3) is 0.333. The Balaban J connectivity index is 2.64. The van der Waals surface area contributed by atoms with Gasteiger partial charge in [0.2, 0.25) is 0 Å². The Labute approximate surface area is 67.3 Å². The van der Waals surface area contributed by atoms with Gasteiger partial charge in [0.1, 0.15) is 10.7 Å². The van der Waals surface area contributed by atoms with Gasteiger partial charge in [-0.2, -0.15) is 4.91 Å². The topological polar surface area (TPSA) is 85.7 Å². The Hall–Kier alpha value is -1.72. The van der Waals surface area contributed by atoms with Gasteiger partial charge in [-0.3, -0.25) is 10.1 Å². The first-order valence-electron chi connectivity index (χ1n) is 3.26. The zero-order chi connectivity index (χ0) is 8.97. The standard InChI is InChI=1S/C6H6N2O4/c9-7-4-3-5-1-2-6(12-5)8(10)11/h1-2H,3-4H2. The summed E-state index contributed by atoms with van der Waals surface area (Å²) >= 11 is 0. The van der Waals surface area contributed by atoms with E-state index in [1.807, 2.05) is 0 Å². The van der Waals surface area contributed by atoms with Crippen molar-refractivity contribution < 1.29 is 9.34 Å². The molecule has 1 rings (SSSR count). The molecule has 1 aromatic rings. The summed E-state index contributed by atoms with van der Waals surface area (Å²) in [4.78, 5) is 19.2. The van der Waals surface area contributed by atoms with Gasteiger partial charge in [-0.1, -0.05) is 5.18 Å². The van der Waals surface area contributed by atoms with Gasteiger partial charge in [0.05, 0.1) is 12.6 Å². The van der Waals surface area contributed by atoms with Crippen LogP contribution < -0.4 is 0 Å². The van der Waals surface area contributed by atoms with Crippen LogP contribution in [0.1, 0.15) is 5.76 Å². The molecule has 6 heteroatoms. The first-order chi connectivity index (χ1) is 5.74. The predicted octanol–water partition coefficient (Wildman–Crippen LogP) is 1.50. The van der Waals surface area contributed by atoms with Crippen molar-refractivity contribution in [3.63, 3.8) is 0 Å². The first-order valence-corrected chi connectivity index (χ1v) is 3.26. The molecule has 0 saturated heterocycles. The molecule has 0 spiro atoms. The van der Waals surface area contributed by atoms with Crippen molar-refractivity contribution in [2.24, 2.45) is 5.18 Å². The lowest BCUT2D eigenvalue weighted by Crippen LogP contribution is -1.86. The molecule has 0 atom stereocenters. The molecule has 0 unspecified atom stereocenters. The third-order valence-corrected chi connectivity index (χ3v) is 1.28. The summed E-state index contributed by atoms with van der Waals surface area (Å²) in [5.41, 5.74) is 0. The second-order valence-electron chi connectivity index (χ2n) is 2.10. The van der Waals surface area contributed by atoms with Crippen LogP contribution in [0.2, 0.25) is 0 Å². The normalized spacial score (nSPS) is 9.67. The Morgan fingerprint density at radius 2 is 2.33 bits per heavy atom. The summed E-state index contributed by atoms with van der Waals surface area (Å²) in [6.45, 7) is 0.0741. The lowest BCUT2D eigenvalue weighted by molar-refractivity contribution is -0.402. The summed E-state index contributed by atoms with van der Waals surface area (Å²) < 4.78 is 4.75. The number of hydrogen-bond donors (Lipinski definition) is 0. The van der Waals surface area contributed by atoms with Gasteiger partial charge in [0.15, 0.2) is 0 Å². The highest BCUT2D eigenvalue weighted by molar-refractivity contribution is 5.17. The van der Waals surface area contributed by atoms with Crippen molar-refractivity contribution in [2.45, 2.75) is 6.42 Å². The van der Waals surface area contributed by atoms with Gasteiger partial charge in [0.25, 0.3) is 0 Å². The van der Waals surface area contributed by atoms with Crippen LogP contribution in [0.3, 0.4) is 0 Å². The van der Waals surface area contributed by atoms with Crippen molar-refractivity contribution >= 4 is 5.88 Å². The Morgan fingerprint density at radius 3 is 2.83 bits per heavy atom. The summed E-state index contributed by atoms with van der Waals surface area (Å²) in [5, 5.41) is 12.7. The van der Waals surface area contributed by atoms with Crippen LogP contribution in [-0.4, -0.2) is 11.5 Å². The van der Waals surface area contributed by atoms with E-state index < -0.39 is 4.92 Å². The molecule has 0 fully saturated rings. The molecule has 0 aromatic carbocycles. The van der Waals surface area contributed by atoms with Gasteiger partial charge in [-0.25, -0.2) is 0 Å². The highest BCUT2D eigenvalue weighted by Crippen LogP contribution is 2.15. The third kappa shape index (κ3) is 1.88. The van der Waals surface area contributed by atoms with E-state index >= 15 is 0 Å². The summed E-state index contributed by atoms with van der Waals surface area (Å²) in [6, 6.07) is 2.71. The maximum absolute atomic E-state index is 10.1. The average Bonchev–Trinajstić information content (AvgIpc) is 2.48. The molecule has 6 nitrogen and oxygen atoms in total. The minimum absolute atomic E-state index is 0.0741. The van der Waals surface area contributed by atoms with Crippen LogP contribution >= 0.6 is 0 Å². The van der Waals surface area contributed by atoms with Crippen LogP contribution in [0, 0.1) is 15.0 Å². The number of nitro groups is 1. The molecule has 1 aromatic heterocycles. The lowest BCUT2D eigenvalue weighted by Gasteiger charge is -1.86. The van der Waals surface area contributed by atoms with Crippen molar-refractivity contribution in [3.05, 3.63) is 32.9 Å². The van der Waals surface area contributed by atoms with Gasteiger partial charge in [-0.05, 0) is 6.07 Å². The molecule has 0 aliphatic carbocycles. The molecule has 1 heterocycles. The molecule has 0 radical (unpaired) electrons. The fourth-order valence-corrected chi connectivity index (χ4v) is 0.755.